The van der Waals surface area contributed by atoms with E-state index in [2.05, 4.69) is 15.4 Å². The minimum absolute atomic E-state index is 0.264. The van der Waals surface area contributed by atoms with Crippen molar-refractivity contribution in [2.75, 3.05) is 5.73 Å². The molecule has 5 heteroatoms. The fourth-order valence-corrected chi connectivity index (χ4v) is 1.02. The van der Waals surface area contributed by atoms with E-state index in [4.69, 9.17) is 5.73 Å². The number of hydrogen-bond donors (Lipinski definition) is 1. The standard InChI is InChI=1S/C8H6N4O/c9-6-3-1-5(2-4-6)7-8(13)11-12-10-7/h1-4H,9H2. The molecule has 1 amide bonds. The highest BCUT2D eigenvalue weighted by Crippen LogP contribution is 2.10. The molecule has 0 bridgehead atoms. The predicted molar refractivity (Wildman–Crippen MR) is 47.3 cm³/mol. The Morgan fingerprint density at radius 1 is 1.15 bits per heavy atom. The zero-order chi connectivity index (χ0) is 9.26. The van der Waals surface area contributed by atoms with E-state index in [0.717, 1.165) is 0 Å². The first kappa shape index (κ1) is 7.60. The van der Waals surface area contributed by atoms with E-state index in [-0.39, 0.29) is 5.71 Å². The summed E-state index contributed by atoms with van der Waals surface area (Å²) in [6, 6.07) is 6.82. The summed E-state index contributed by atoms with van der Waals surface area (Å²) in [4.78, 5) is 11.0. The smallest absolute Gasteiger partial charge is 0.318 e. The highest BCUT2D eigenvalue weighted by molar-refractivity contribution is 6.46. The average Bonchev–Trinajstić information content (AvgIpc) is 2.53. The normalized spacial score (nSPS) is 14.8. The van der Waals surface area contributed by atoms with Crippen LogP contribution in [0.15, 0.2) is 39.7 Å². The predicted octanol–water partition coefficient (Wildman–Crippen LogP) is 0.965. The Balaban J connectivity index is 2.38. The molecule has 0 saturated carbocycles. The van der Waals surface area contributed by atoms with E-state index in [9.17, 15) is 4.79 Å². The van der Waals surface area contributed by atoms with Gasteiger partial charge in [0.05, 0.1) is 0 Å². The third-order valence-corrected chi connectivity index (χ3v) is 1.67. The van der Waals surface area contributed by atoms with Gasteiger partial charge in [0.25, 0.3) is 0 Å². The highest BCUT2D eigenvalue weighted by atomic mass is 16.2. The molecule has 1 aromatic carbocycles. The van der Waals surface area contributed by atoms with E-state index in [1.807, 2.05) is 0 Å². The molecule has 0 fully saturated rings. The maximum atomic E-state index is 11.0. The number of nitrogens with two attached hydrogens (primary N) is 1. The number of carbonyl (C=O) groups excluding carboxylic acids is 1. The van der Waals surface area contributed by atoms with Gasteiger partial charge in [-0.2, -0.15) is 0 Å². The molecule has 0 atom stereocenters. The van der Waals surface area contributed by atoms with Gasteiger partial charge in [-0.05, 0) is 17.4 Å². The monoisotopic (exact) mass is 174 g/mol. The Morgan fingerprint density at radius 3 is 2.38 bits per heavy atom. The van der Waals surface area contributed by atoms with Crippen LogP contribution in [-0.2, 0) is 4.79 Å². The summed E-state index contributed by atoms with van der Waals surface area (Å²) >= 11 is 0. The third-order valence-electron chi connectivity index (χ3n) is 1.67. The molecule has 1 aromatic rings. The molecule has 64 valence electrons. The topological polar surface area (TPSA) is 80.2 Å². The lowest BCUT2D eigenvalue weighted by Gasteiger charge is -1.96. The summed E-state index contributed by atoms with van der Waals surface area (Å²) < 4.78 is 0. The highest BCUT2D eigenvalue weighted by Gasteiger charge is 2.17. The molecule has 0 unspecified atom stereocenters. The second kappa shape index (κ2) is 2.78. The van der Waals surface area contributed by atoms with Gasteiger partial charge < -0.3 is 5.73 Å². The molecule has 5 nitrogen and oxygen atoms in total. The Bertz CT molecular complexity index is 405. The molecule has 0 aromatic heterocycles. The van der Waals surface area contributed by atoms with E-state index >= 15 is 0 Å². The van der Waals surface area contributed by atoms with Crippen molar-refractivity contribution in [3.63, 3.8) is 0 Å². The number of rotatable bonds is 1. The van der Waals surface area contributed by atoms with Crippen LogP contribution in [0.5, 0.6) is 0 Å². The first-order chi connectivity index (χ1) is 6.27. The molecule has 0 saturated heterocycles. The quantitative estimate of drug-likeness (QED) is 0.643. The molecule has 0 aliphatic carbocycles. The van der Waals surface area contributed by atoms with Gasteiger partial charge in [-0.25, -0.2) is 0 Å². The van der Waals surface area contributed by atoms with Crippen LogP contribution in [0.4, 0.5) is 5.69 Å². The van der Waals surface area contributed by atoms with Crippen molar-refractivity contribution in [1.82, 2.24) is 0 Å². The number of amides is 1. The van der Waals surface area contributed by atoms with E-state index in [1.165, 1.54) is 0 Å². The number of hydrogen-bond acceptors (Lipinski definition) is 4. The second-order valence-corrected chi connectivity index (χ2v) is 2.57. The summed E-state index contributed by atoms with van der Waals surface area (Å²) in [7, 11) is 0. The van der Waals surface area contributed by atoms with Gasteiger partial charge in [0.1, 0.15) is 0 Å². The van der Waals surface area contributed by atoms with Crippen LogP contribution in [0, 0.1) is 0 Å². The molecule has 0 spiro atoms. The van der Waals surface area contributed by atoms with Crippen LogP contribution in [0.25, 0.3) is 0 Å². The molecule has 13 heavy (non-hydrogen) atoms. The van der Waals surface area contributed by atoms with E-state index < -0.39 is 5.91 Å². The van der Waals surface area contributed by atoms with Gasteiger partial charge in [0, 0.05) is 11.3 Å². The Kier molecular flexibility index (Phi) is 1.63. The number of anilines is 1. The average molecular weight is 174 g/mol. The van der Waals surface area contributed by atoms with Crippen LogP contribution in [0.3, 0.4) is 0 Å². The van der Waals surface area contributed by atoms with Gasteiger partial charge in [-0.15, -0.1) is 5.10 Å². The van der Waals surface area contributed by atoms with Crippen molar-refractivity contribution in [3.05, 3.63) is 29.8 Å². The minimum Gasteiger partial charge on any atom is -0.399 e. The molecular weight excluding hydrogens is 168 g/mol. The van der Waals surface area contributed by atoms with Gasteiger partial charge in [-0.1, -0.05) is 17.2 Å². The van der Waals surface area contributed by atoms with Crippen LogP contribution in [0.2, 0.25) is 0 Å². The molecule has 2 rings (SSSR count). The largest absolute Gasteiger partial charge is 0.399 e. The number of benzene rings is 1. The third kappa shape index (κ3) is 1.31. The fraction of sp³-hybridized carbons (Fsp3) is 0. The van der Waals surface area contributed by atoms with Gasteiger partial charge >= 0.3 is 5.91 Å². The second-order valence-electron chi connectivity index (χ2n) is 2.57. The van der Waals surface area contributed by atoms with E-state index in [1.54, 1.807) is 24.3 Å². The van der Waals surface area contributed by atoms with Crippen LogP contribution >= 0.6 is 0 Å². The van der Waals surface area contributed by atoms with Crippen molar-refractivity contribution in [2.45, 2.75) is 0 Å². The Hall–Kier alpha value is -2.04. The lowest BCUT2D eigenvalue weighted by atomic mass is 10.1. The minimum atomic E-state index is -0.412. The number of nitrogen functional groups attached to an aromatic ring is 1. The van der Waals surface area contributed by atoms with Crippen molar-refractivity contribution in [2.24, 2.45) is 15.4 Å². The number of nitrogens with zero attached hydrogens (tertiary/aromatic N) is 3. The summed E-state index contributed by atoms with van der Waals surface area (Å²) in [6.07, 6.45) is 0. The van der Waals surface area contributed by atoms with Crippen LogP contribution in [0.1, 0.15) is 5.56 Å². The first-order valence-electron chi connectivity index (χ1n) is 3.66. The Labute approximate surface area is 74.0 Å². The molecule has 0 radical (unpaired) electrons. The lowest BCUT2D eigenvalue weighted by molar-refractivity contribution is -0.111. The lowest BCUT2D eigenvalue weighted by Crippen LogP contribution is -2.08. The summed E-state index contributed by atoms with van der Waals surface area (Å²) in [5.41, 5.74) is 7.08. The van der Waals surface area contributed by atoms with Crippen molar-refractivity contribution in [3.8, 4) is 0 Å². The molecular formula is C8H6N4O. The fourth-order valence-electron chi connectivity index (χ4n) is 1.02. The maximum Gasteiger partial charge on any atom is 0.318 e. The maximum absolute atomic E-state index is 11.0. The summed E-state index contributed by atoms with van der Waals surface area (Å²) in [5.74, 6) is -0.412. The van der Waals surface area contributed by atoms with Crippen molar-refractivity contribution < 1.29 is 4.79 Å². The zero-order valence-corrected chi connectivity index (χ0v) is 6.64. The van der Waals surface area contributed by atoms with Gasteiger partial charge in [-0.3, -0.25) is 4.79 Å². The summed E-state index contributed by atoms with van der Waals surface area (Å²) in [5, 5.41) is 10.1. The molecule has 1 aliphatic rings. The first-order valence-corrected chi connectivity index (χ1v) is 3.66. The summed E-state index contributed by atoms with van der Waals surface area (Å²) in [6.45, 7) is 0. The molecule has 1 heterocycles. The van der Waals surface area contributed by atoms with Crippen LogP contribution in [-0.4, -0.2) is 11.6 Å². The van der Waals surface area contributed by atoms with Crippen molar-refractivity contribution in [1.29, 1.82) is 0 Å². The van der Waals surface area contributed by atoms with Gasteiger partial charge in [0.15, 0.2) is 5.71 Å². The number of carbonyl (C=O) groups is 1. The Morgan fingerprint density at radius 2 is 1.85 bits per heavy atom. The molecule has 1 aliphatic heterocycles. The molecule has 2 N–H and O–H groups in total. The van der Waals surface area contributed by atoms with Gasteiger partial charge in [0.2, 0.25) is 0 Å². The van der Waals surface area contributed by atoms with Crippen molar-refractivity contribution >= 4 is 17.3 Å². The zero-order valence-electron chi connectivity index (χ0n) is 6.64. The van der Waals surface area contributed by atoms with Crippen LogP contribution < -0.4 is 5.73 Å². The SMILES string of the molecule is Nc1ccc(C2=NN=NC2=O)cc1. The van der Waals surface area contributed by atoms with E-state index in [0.29, 0.717) is 11.3 Å².